The maximum Gasteiger partial charge on any atom is 0.389 e. The lowest BCUT2D eigenvalue weighted by Gasteiger charge is -2.09. The molecule has 0 aliphatic rings. The number of hydrogen-bond acceptors (Lipinski definition) is 5. The van der Waals surface area contributed by atoms with E-state index in [1.54, 1.807) is 0 Å². The molecule has 0 saturated carbocycles. The minimum Gasteiger partial charge on any atom is -0.384 e. The van der Waals surface area contributed by atoms with E-state index in [2.05, 4.69) is 15.3 Å². The first-order valence-electron chi connectivity index (χ1n) is 5.33. The number of ether oxygens (including phenoxy) is 1. The van der Waals surface area contributed by atoms with E-state index in [4.69, 9.17) is 10.5 Å². The van der Waals surface area contributed by atoms with Crippen LogP contribution in [0.25, 0.3) is 0 Å². The third-order valence-electron chi connectivity index (χ3n) is 2.01. The summed E-state index contributed by atoms with van der Waals surface area (Å²) in [5.74, 6) is 1.03. The zero-order chi connectivity index (χ0) is 13.6. The van der Waals surface area contributed by atoms with Gasteiger partial charge in [-0.1, -0.05) is 0 Å². The molecule has 5 nitrogen and oxygen atoms in total. The quantitative estimate of drug-likeness (QED) is 0.768. The molecular weight excluding hydrogens is 249 g/mol. The van der Waals surface area contributed by atoms with Gasteiger partial charge in [0.2, 0.25) is 0 Å². The number of rotatable bonds is 6. The van der Waals surface area contributed by atoms with Crippen molar-refractivity contribution >= 4 is 11.6 Å². The number of anilines is 2. The first-order chi connectivity index (χ1) is 8.40. The molecule has 0 aromatic carbocycles. The standard InChI is InChI=1S/C10H15F3N4O/c1-18-6-9-16-7(14)5-8(17-9)15-4-2-3-10(11,12)13/h5H,2-4,6H2,1H3,(H3,14,15,16,17). The number of nitrogens with one attached hydrogen (secondary N) is 1. The van der Waals surface area contributed by atoms with Gasteiger partial charge in [-0.05, 0) is 6.42 Å². The second kappa shape index (κ2) is 6.39. The second-order valence-electron chi connectivity index (χ2n) is 3.67. The third kappa shape index (κ3) is 5.67. The van der Waals surface area contributed by atoms with E-state index < -0.39 is 12.6 Å². The number of methoxy groups -OCH3 is 1. The van der Waals surface area contributed by atoms with Crippen LogP contribution in [-0.2, 0) is 11.3 Å². The fourth-order valence-corrected chi connectivity index (χ4v) is 1.31. The Hall–Kier alpha value is -1.57. The summed E-state index contributed by atoms with van der Waals surface area (Å²) in [4.78, 5) is 7.96. The van der Waals surface area contributed by atoms with Gasteiger partial charge >= 0.3 is 6.18 Å². The van der Waals surface area contributed by atoms with E-state index >= 15 is 0 Å². The minimum atomic E-state index is -4.13. The number of hydrogen-bond donors (Lipinski definition) is 2. The average molecular weight is 264 g/mol. The number of alkyl halides is 3. The highest BCUT2D eigenvalue weighted by atomic mass is 19.4. The molecule has 3 N–H and O–H groups in total. The predicted molar refractivity (Wildman–Crippen MR) is 60.9 cm³/mol. The highest BCUT2D eigenvalue weighted by Gasteiger charge is 2.25. The molecule has 1 aromatic heterocycles. The highest BCUT2D eigenvalue weighted by Crippen LogP contribution is 2.21. The van der Waals surface area contributed by atoms with Gasteiger partial charge in [-0.15, -0.1) is 0 Å². The summed E-state index contributed by atoms with van der Waals surface area (Å²) < 4.78 is 40.6. The highest BCUT2D eigenvalue weighted by molar-refractivity contribution is 5.44. The topological polar surface area (TPSA) is 73.1 Å². The third-order valence-corrected chi connectivity index (χ3v) is 2.01. The second-order valence-corrected chi connectivity index (χ2v) is 3.67. The normalized spacial score (nSPS) is 11.6. The monoisotopic (exact) mass is 264 g/mol. The molecule has 1 heterocycles. The molecule has 0 aliphatic carbocycles. The summed E-state index contributed by atoms with van der Waals surface area (Å²) >= 11 is 0. The molecule has 0 fully saturated rings. The van der Waals surface area contributed by atoms with Gasteiger partial charge in [0.1, 0.15) is 18.2 Å². The lowest BCUT2D eigenvalue weighted by Crippen LogP contribution is -2.12. The molecular formula is C10H15F3N4O. The summed E-state index contributed by atoms with van der Waals surface area (Å²) in [7, 11) is 1.49. The van der Waals surface area contributed by atoms with E-state index in [0.717, 1.165) is 0 Å². The van der Waals surface area contributed by atoms with Crippen molar-refractivity contribution in [2.75, 3.05) is 24.7 Å². The zero-order valence-electron chi connectivity index (χ0n) is 9.92. The Morgan fingerprint density at radius 2 is 2.11 bits per heavy atom. The summed E-state index contributed by atoms with van der Waals surface area (Å²) in [6.07, 6.45) is -4.98. The van der Waals surface area contributed by atoms with Crippen molar-refractivity contribution in [3.63, 3.8) is 0 Å². The summed E-state index contributed by atoms with van der Waals surface area (Å²) in [5.41, 5.74) is 5.54. The molecule has 0 aliphatic heterocycles. The van der Waals surface area contributed by atoms with Crippen molar-refractivity contribution in [2.24, 2.45) is 0 Å². The van der Waals surface area contributed by atoms with Gasteiger partial charge in [-0.2, -0.15) is 13.2 Å². The van der Waals surface area contributed by atoms with Crippen molar-refractivity contribution in [2.45, 2.75) is 25.6 Å². The van der Waals surface area contributed by atoms with Crippen molar-refractivity contribution in [1.29, 1.82) is 0 Å². The van der Waals surface area contributed by atoms with Gasteiger partial charge in [0.25, 0.3) is 0 Å². The molecule has 0 amide bonds. The van der Waals surface area contributed by atoms with E-state index in [-0.39, 0.29) is 25.4 Å². The van der Waals surface area contributed by atoms with Crippen LogP contribution >= 0.6 is 0 Å². The Labute approximate surface area is 103 Å². The van der Waals surface area contributed by atoms with Crippen LogP contribution < -0.4 is 11.1 Å². The summed E-state index contributed by atoms with van der Waals surface area (Å²) in [6, 6.07) is 1.47. The average Bonchev–Trinajstić information content (AvgIpc) is 2.23. The first-order valence-corrected chi connectivity index (χ1v) is 5.33. The Kier molecular flexibility index (Phi) is 5.14. The fraction of sp³-hybridized carbons (Fsp3) is 0.600. The van der Waals surface area contributed by atoms with Gasteiger partial charge in [0.15, 0.2) is 5.82 Å². The van der Waals surface area contributed by atoms with Crippen LogP contribution in [0.4, 0.5) is 24.8 Å². The molecule has 0 radical (unpaired) electrons. The lowest BCUT2D eigenvalue weighted by molar-refractivity contribution is -0.134. The molecule has 0 atom stereocenters. The van der Waals surface area contributed by atoms with Crippen LogP contribution in [0.15, 0.2) is 6.07 Å². The molecule has 0 spiro atoms. The summed E-state index contributed by atoms with van der Waals surface area (Å²) in [5, 5.41) is 2.77. The van der Waals surface area contributed by atoms with Gasteiger partial charge in [0, 0.05) is 26.1 Å². The van der Waals surface area contributed by atoms with E-state index in [0.29, 0.717) is 11.6 Å². The Morgan fingerprint density at radius 3 is 2.72 bits per heavy atom. The van der Waals surface area contributed by atoms with Crippen LogP contribution in [0, 0.1) is 0 Å². The maximum absolute atomic E-state index is 11.9. The van der Waals surface area contributed by atoms with Gasteiger partial charge in [-0.25, -0.2) is 9.97 Å². The number of halogens is 3. The van der Waals surface area contributed by atoms with Gasteiger partial charge in [-0.3, -0.25) is 0 Å². The van der Waals surface area contributed by atoms with E-state index in [1.807, 2.05) is 0 Å². The number of nitrogen functional groups attached to an aromatic ring is 1. The molecule has 102 valence electrons. The number of nitrogens with zero attached hydrogens (tertiary/aromatic N) is 2. The zero-order valence-corrected chi connectivity index (χ0v) is 9.92. The number of nitrogens with two attached hydrogens (primary N) is 1. The van der Waals surface area contributed by atoms with Crippen LogP contribution in [-0.4, -0.2) is 29.8 Å². The largest absolute Gasteiger partial charge is 0.389 e. The maximum atomic E-state index is 11.9. The molecule has 8 heteroatoms. The Bertz CT molecular complexity index is 384. The lowest BCUT2D eigenvalue weighted by atomic mass is 10.3. The van der Waals surface area contributed by atoms with Crippen molar-refractivity contribution in [1.82, 2.24) is 9.97 Å². The van der Waals surface area contributed by atoms with Crippen molar-refractivity contribution in [3.8, 4) is 0 Å². The van der Waals surface area contributed by atoms with Gasteiger partial charge in [0.05, 0.1) is 0 Å². The molecule has 0 unspecified atom stereocenters. The van der Waals surface area contributed by atoms with Crippen LogP contribution in [0.2, 0.25) is 0 Å². The van der Waals surface area contributed by atoms with Crippen LogP contribution in [0.5, 0.6) is 0 Å². The van der Waals surface area contributed by atoms with E-state index in [1.165, 1.54) is 13.2 Å². The molecule has 0 bridgehead atoms. The number of aromatic nitrogens is 2. The molecule has 0 saturated heterocycles. The molecule has 1 aromatic rings. The molecule has 18 heavy (non-hydrogen) atoms. The predicted octanol–water partition coefficient (Wildman–Crippen LogP) is 1.96. The minimum absolute atomic E-state index is 0.0208. The van der Waals surface area contributed by atoms with Gasteiger partial charge < -0.3 is 15.8 Å². The van der Waals surface area contributed by atoms with Crippen molar-refractivity contribution < 1.29 is 17.9 Å². The summed E-state index contributed by atoms with van der Waals surface area (Å²) in [6.45, 7) is 0.366. The first kappa shape index (κ1) is 14.5. The fourth-order valence-electron chi connectivity index (χ4n) is 1.31. The Morgan fingerprint density at radius 1 is 1.39 bits per heavy atom. The molecule has 1 rings (SSSR count). The van der Waals surface area contributed by atoms with Crippen LogP contribution in [0.3, 0.4) is 0 Å². The van der Waals surface area contributed by atoms with Crippen LogP contribution in [0.1, 0.15) is 18.7 Å². The van der Waals surface area contributed by atoms with E-state index in [9.17, 15) is 13.2 Å². The SMILES string of the molecule is COCc1nc(N)cc(NCCCC(F)(F)F)n1. The Balaban J connectivity index is 2.46. The smallest absolute Gasteiger partial charge is 0.384 e. The van der Waals surface area contributed by atoms with Crippen molar-refractivity contribution in [3.05, 3.63) is 11.9 Å².